The summed E-state index contributed by atoms with van der Waals surface area (Å²) < 4.78 is 1.88. The van der Waals surface area contributed by atoms with Gasteiger partial charge in [0.25, 0.3) is 5.91 Å². The number of thiophene rings is 1. The van der Waals surface area contributed by atoms with Gasteiger partial charge < -0.3 is 9.80 Å². The van der Waals surface area contributed by atoms with Gasteiger partial charge in [0.2, 0.25) is 0 Å². The Morgan fingerprint density at radius 1 is 0.917 bits per heavy atom. The van der Waals surface area contributed by atoms with Crippen molar-refractivity contribution in [3.63, 3.8) is 0 Å². The summed E-state index contributed by atoms with van der Waals surface area (Å²) >= 11 is 1.49. The van der Waals surface area contributed by atoms with Crippen LogP contribution in [0.25, 0.3) is 16.7 Å². The first-order chi connectivity index (χ1) is 17.7. The molecule has 36 heavy (non-hydrogen) atoms. The van der Waals surface area contributed by atoms with Crippen LogP contribution in [0.2, 0.25) is 0 Å². The first-order valence-corrected chi connectivity index (χ1v) is 13.0. The Bertz CT molecular complexity index is 1490. The summed E-state index contributed by atoms with van der Waals surface area (Å²) in [6.45, 7) is 4.82. The number of carbonyl (C=O) groups excluding carboxylic acids is 1. The molecular weight excluding hydrogens is 468 g/mol. The molecule has 1 amide bonds. The van der Waals surface area contributed by atoms with Crippen molar-refractivity contribution in [2.75, 3.05) is 31.1 Å². The Labute approximate surface area is 213 Å². The van der Waals surface area contributed by atoms with Gasteiger partial charge in [-0.3, -0.25) is 4.79 Å². The van der Waals surface area contributed by atoms with Crippen molar-refractivity contribution in [1.29, 1.82) is 0 Å². The van der Waals surface area contributed by atoms with Gasteiger partial charge in [0.05, 0.1) is 22.1 Å². The predicted octanol–water partition coefficient (Wildman–Crippen LogP) is 4.74. The van der Waals surface area contributed by atoms with Crippen molar-refractivity contribution in [1.82, 2.24) is 24.6 Å². The fourth-order valence-corrected chi connectivity index (χ4v) is 5.27. The van der Waals surface area contributed by atoms with Gasteiger partial charge in [-0.2, -0.15) is 5.10 Å². The molecule has 3 aromatic heterocycles. The van der Waals surface area contributed by atoms with E-state index in [2.05, 4.69) is 41.2 Å². The monoisotopic (exact) mass is 494 g/mol. The van der Waals surface area contributed by atoms with Crippen molar-refractivity contribution in [3.8, 4) is 5.69 Å². The summed E-state index contributed by atoms with van der Waals surface area (Å²) in [4.78, 5) is 27.8. The molecule has 1 saturated heterocycles. The number of piperazine rings is 1. The van der Waals surface area contributed by atoms with Gasteiger partial charge in [0.1, 0.15) is 11.6 Å². The van der Waals surface area contributed by atoms with E-state index >= 15 is 0 Å². The lowest BCUT2D eigenvalue weighted by Gasteiger charge is -2.35. The summed E-state index contributed by atoms with van der Waals surface area (Å²) in [7, 11) is 0. The van der Waals surface area contributed by atoms with Gasteiger partial charge in [-0.05, 0) is 36.1 Å². The molecule has 180 valence electrons. The number of nitrogens with zero attached hydrogens (tertiary/aromatic N) is 6. The standard InChI is InChI=1S/C28H26N6OS/c1-20-9-11-21(12-10-20)18-25-30-26(23-19-29-34(27(23)31-25)22-6-3-2-4-7-22)32-13-15-33(16-14-32)28(35)24-8-5-17-36-24/h2-12,17,19H,13-16,18H2,1H3. The molecular formula is C28H26N6OS. The molecule has 0 spiro atoms. The molecule has 1 aliphatic rings. The third-order valence-electron chi connectivity index (χ3n) is 6.54. The van der Waals surface area contributed by atoms with Crippen LogP contribution in [0.15, 0.2) is 78.3 Å². The molecule has 6 rings (SSSR count). The highest BCUT2D eigenvalue weighted by Gasteiger charge is 2.26. The summed E-state index contributed by atoms with van der Waals surface area (Å²) in [5.74, 6) is 1.75. The minimum absolute atomic E-state index is 0.106. The molecule has 4 heterocycles. The average Bonchev–Trinajstić information content (AvgIpc) is 3.61. The first kappa shape index (κ1) is 22.4. The molecule has 2 aromatic carbocycles. The number of hydrogen-bond acceptors (Lipinski definition) is 6. The van der Waals surface area contributed by atoms with E-state index in [9.17, 15) is 4.79 Å². The highest BCUT2D eigenvalue weighted by Crippen LogP contribution is 2.28. The zero-order valence-corrected chi connectivity index (χ0v) is 20.9. The maximum Gasteiger partial charge on any atom is 0.264 e. The second kappa shape index (κ2) is 9.54. The SMILES string of the molecule is Cc1ccc(Cc2nc(N3CCN(C(=O)c4cccs4)CC3)c3cnn(-c4ccccc4)c3n2)cc1. The zero-order chi connectivity index (χ0) is 24.5. The van der Waals surface area contributed by atoms with Crippen molar-refractivity contribution in [2.45, 2.75) is 13.3 Å². The zero-order valence-electron chi connectivity index (χ0n) is 20.0. The Morgan fingerprint density at radius 3 is 2.42 bits per heavy atom. The number of amides is 1. The number of rotatable bonds is 5. The Kier molecular flexibility index (Phi) is 5.95. The van der Waals surface area contributed by atoms with Crippen LogP contribution in [0.3, 0.4) is 0 Å². The van der Waals surface area contributed by atoms with Gasteiger partial charge in [0, 0.05) is 32.6 Å². The largest absolute Gasteiger partial charge is 0.352 e. The third-order valence-corrected chi connectivity index (χ3v) is 7.39. The van der Waals surface area contributed by atoms with Crippen LogP contribution in [-0.4, -0.2) is 56.7 Å². The number of para-hydroxylation sites is 1. The topological polar surface area (TPSA) is 67.2 Å². The fraction of sp³-hybridized carbons (Fsp3) is 0.214. The molecule has 8 heteroatoms. The lowest BCUT2D eigenvalue weighted by Crippen LogP contribution is -2.49. The van der Waals surface area contributed by atoms with Crippen LogP contribution >= 0.6 is 11.3 Å². The van der Waals surface area contributed by atoms with E-state index < -0.39 is 0 Å². The summed E-state index contributed by atoms with van der Waals surface area (Å²) in [5.41, 5.74) is 4.16. The van der Waals surface area contributed by atoms with Crippen LogP contribution in [-0.2, 0) is 6.42 Å². The van der Waals surface area contributed by atoms with Crippen molar-refractivity contribution in [2.24, 2.45) is 0 Å². The van der Waals surface area contributed by atoms with Crippen molar-refractivity contribution >= 4 is 34.1 Å². The summed E-state index contributed by atoms with van der Waals surface area (Å²) in [5, 5.41) is 7.55. The van der Waals surface area contributed by atoms with E-state index in [1.54, 1.807) is 0 Å². The van der Waals surface area contributed by atoms with E-state index in [0.29, 0.717) is 32.6 Å². The second-order valence-electron chi connectivity index (χ2n) is 9.01. The molecule has 5 aromatic rings. The predicted molar refractivity (Wildman–Crippen MR) is 143 cm³/mol. The van der Waals surface area contributed by atoms with Gasteiger partial charge in [-0.25, -0.2) is 14.6 Å². The molecule has 1 aliphatic heterocycles. The lowest BCUT2D eigenvalue weighted by molar-refractivity contribution is 0.0751. The molecule has 0 saturated carbocycles. The second-order valence-corrected chi connectivity index (χ2v) is 9.96. The van der Waals surface area contributed by atoms with Crippen molar-refractivity contribution in [3.05, 3.63) is 100 Å². The minimum atomic E-state index is 0.106. The number of carbonyl (C=O) groups is 1. The number of aryl methyl sites for hydroxylation is 1. The minimum Gasteiger partial charge on any atom is -0.352 e. The van der Waals surface area contributed by atoms with Gasteiger partial charge in [-0.15, -0.1) is 11.3 Å². The lowest BCUT2D eigenvalue weighted by atomic mass is 10.1. The highest BCUT2D eigenvalue weighted by molar-refractivity contribution is 7.12. The molecule has 7 nitrogen and oxygen atoms in total. The number of benzene rings is 2. The molecule has 0 radical (unpaired) electrons. The number of fused-ring (bicyclic) bond motifs is 1. The van der Waals surface area contributed by atoms with Gasteiger partial charge >= 0.3 is 0 Å². The number of aromatic nitrogens is 4. The van der Waals surface area contributed by atoms with E-state index in [1.165, 1.54) is 22.5 Å². The number of anilines is 1. The number of hydrogen-bond donors (Lipinski definition) is 0. The van der Waals surface area contributed by atoms with E-state index in [4.69, 9.17) is 9.97 Å². The first-order valence-electron chi connectivity index (χ1n) is 12.1. The van der Waals surface area contributed by atoms with Crippen LogP contribution in [0.1, 0.15) is 26.6 Å². The molecule has 0 unspecified atom stereocenters. The smallest absolute Gasteiger partial charge is 0.264 e. The maximum absolute atomic E-state index is 12.8. The molecule has 0 N–H and O–H groups in total. The van der Waals surface area contributed by atoms with Gasteiger partial charge in [-0.1, -0.05) is 54.1 Å². The molecule has 0 atom stereocenters. The molecule has 0 bridgehead atoms. The highest BCUT2D eigenvalue weighted by atomic mass is 32.1. The average molecular weight is 495 g/mol. The third kappa shape index (κ3) is 4.35. The van der Waals surface area contributed by atoms with Crippen molar-refractivity contribution < 1.29 is 4.79 Å². The quantitative estimate of drug-likeness (QED) is 0.353. The summed E-state index contributed by atoms with van der Waals surface area (Å²) in [6, 6.07) is 22.4. The maximum atomic E-state index is 12.8. The molecule has 1 fully saturated rings. The van der Waals surface area contributed by atoms with Crippen LogP contribution in [0, 0.1) is 6.92 Å². The Morgan fingerprint density at radius 2 is 1.69 bits per heavy atom. The Hall–Kier alpha value is -4.04. The van der Waals surface area contributed by atoms with E-state index in [-0.39, 0.29) is 5.91 Å². The normalized spacial score (nSPS) is 13.9. The van der Waals surface area contributed by atoms with Crippen LogP contribution in [0.4, 0.5) is 5.82 Å². The summed E-state index contributed by atoms with van der Waals surface area (Å²) in [6.07, 6.45) is 2.50. The fourth-order valence-electron chi connectivity index (χ4n) is 4.58. The van der Waals surface area contributed by atoms with E-state index in [1.807, 2.05) is 63.6 Å². The Balaban J connectivity index is 1.35. The van der Waals surface area contributed by atoms with Crippen LogP contribution in [0.5, 0.6) is 0 Å². The van der Waals surface area contributed by atoms with E-state index in [0.717, 1.165) is 33.2 Å². The van der Waals surface area contributed by atoms with Gasteiger partial charge in [0.15, 0.2) is 5.65 Å². The molecule has 0 aliphatic carbocycles. The van der Waals surface area contributed by atoms with Crippen LogP contribution < -0.4 is 4.90 Å².